The second-order valence-electron chi connectivity index (χ2n) is 7.02. The smallest absolute Gasteiger partial charge is 0.306 e. The van der Waals surface area contributed by atoms with Crippen molar-refractivity contribution in [2.75, 3.05) is 0 Å². The van der Waals surface area contributed by atoms with E-state index in [0.29, 0.717) is 12.8 Å². The molecular formula is C20H25N3O3S. The Balaban J connectivity index is 1.79. The first-order chi connectivity index (χ1) is 12.7. The minimum absolute atomic E-state index is 0.0665. The number of thiazole rings is 1. The number of nitrogens with one attached hydrogen (secondary N) is 1. The summed E-state index contributed by atoms with van der Waals surface area (Å²) >= 11 is 1.62. The normalized spacial score (nSPS) is 14.4. The number of hydrogen-bond acceptors (Lipinski definition) is 6. The quantitative estimate of drug-likeness (QED) is 0.699. The minimum Gasteiger partial charge on any atom is -0.453 e. The number of rotatable bonds is 8. The number of benzene rings is 1. The van der Waals surface area contributed by atoms with Gasteiger partial charge in [0, 0.05) is 6.42 Å². The van der Waals surface area contributed by atoms with Crippen LogP contribution in [0.4, 0.5) is 0 Å². The molecule has 2 aromatic rings. The lowest BCUT2D eigenvalue weighted by Gasteiger charge is -2.28. The highest BCUT2D eigenvalue weighted by molar-refractivity contribution is 7.18. The van der Waals surface area contributed by atoms with E-state index in [-0.39, 0.29) is 12.3 Å². The molecule has 1 aromatic carbocycles. The zero-order chi connectivity index (χ0) is 20.0. The Morgan fingerprint density at radius 3 is 2.67 bits per heavy atom. The molecule has 2 rings (SSSR count). The van der Waals surface area contributed by atoms with E-state index < -0.39 is 23.5 Å². The van der Waals surface area contributed by atoms with Crippen LogP contribution in [0, 0.1) is 17.2 Å². The Kier molecular flexibility index (Phi) is 6.92. The van der Waals surface area contributed by atoms with Gasteiger partial charge in [-0.1, -0.05) is 26.0 Å². The van der Waals surface area contributed by atoms with Crippen molar-refractivity contribution in [1.82, 2.24) is 10.3 Å². The summed E-state index contributed by atoms with van der Waals surface area (Å²) in [6, 6.07) is 10.0. The first-order valence-corrected chi connectivity index (χ1v) is 9.84. The van der Waals surface area contributed by atoms with Crippen molar-refractivity contribution in [3.8, 4) is 6.07 Å². The molecule has 0 unspecified atom stereocenters. The SMILES string of the molecule is CC(C)[C@@](C)(C#N)NC(=O)[C@H](C)OC(=O)CCCc1nc2ccccc2s1. The maximum atomic E-state index is 12.2. The predicted molar refractivity (Wildman–Crippen MR) is 105 cm³/mol. The van der Waals surface area contributed by atoms with Gasteiger partial charge < -0.3 is 10.1 Å². The number of carbonyl (C=O) groups excluding carboxylic acids is 2. The van der Waals surface area contributed by atoms with E-state index in [4.69, 9.17) is 4.74 Å². The highest BCUT2D eigenvalue weighted by Gasteiger charge is 2.32. The number of nitriles is 1. The molecule has 144 valence electrons. The Labute approximate surface area is 163 Å². The molecule has 0 saturated carbocycles. The lowest BCUT2D eigenvalue weighted by molar-refractivity contribution is -0.155. The lowest BCUT2D eigenvalue weighted by Crippen LogP contribution is -2.52. The first kappa shape index (κ1) is 20.8. The van der Waals surface area contributed by atoms with E-state index in [1.807, 2.05) is 38.1 Å². The van der Waals surface area contributed by atoms with E-state index in [0.717, 1.165) is 15.2 Å². The van der Waals surface area contributed by atoms with Crippen LogP contribution in [-0.4, -0.2) is 28.5 Å². The molecule has 1 N–H and O–H groups in total. The fraction of sp³-hybridized carbons (Fsp3) is 0.500. The molecule has 27 heavy (non-hydrogen) atoms. The number of aryl methyl sites for hydroxylation is 1. The summed E-state index contributed by atoms with van der Waals surface area (Å²) in [6.07, 6.45) is 0.572. The van der Waals surface area contributed by atoms with Gasteiger partial charge in [-0.2, -0.15) is 5.26 Å². The summed E-state index contributed by atoms with van der Waals surface area (Å²) in [5.41, 5.74) is -0.0269. The van der Waals surface area contributed by atoms with E-state index >= 15 is 0 Å². The van der Waals surface area contributed by atoms with Gasteiger partial charge in [0.25, 0.3) is 5.91 Å². The van der Waals surface area contributed by atoms with Gasteiger partial charge >= 0.3 is 5.97 Å². The largest absolute Gasteiger partial charge is 0.453 e. The second-order valence-corrected chi connectivity index (χ2v) is 8.13. The molecule has 2 atom stereocenters. The number of carbonyl (C=O) groups is 2. The minimum atomic E-state index is -0.995. The van der Waals surface area contributed by atoms with Crippen molar-refractivity contribution in [1.29, 1.82) is 5.26 Å². The Hall–Kier alpha value is -2.46. The highest BCUT2D eigenvalue weighted by atomic mass is 32.1. The van der Waals surface area contributed by atoms with E-state index in [2.05, 4.69) is 16.4 Å². The fourth-order valence-electron chi connectivity index (χ4n) is 2.38. The molecule has 0 aliphatic heterocycles. The summed E-state index contributed by atoms with van der Waals surface area (Å²) in [4.78, 5) is 28.7. The third-order valence-electron chi connectivity index (χ3n) is 4.56. The standard InChI is InChI=1S/C20H25N3O3S/c1-13(2)20(4,12-21)23-19(25)14(3)26-18(24)11-7-10-17-22-15-8-5-6-9-16(15)27-17/h5-6,8-9,13-14H,7,10-11H2,1-4H3,(H,23,25)/t14-,20+/m0/s1. The van der Waals surface area contributed by atoms with Crippen molar-refractivity contribution in [2.24, 2.45) is 5.92 Å². The van der Waals surface area contributed by atoms with Gasteiger partial charge in [-0.05, 0) is 44.7 Å². The van der Waals surface area contributed by atoms with Gasteiger partial charge in [0.15, 0.2) is 6.10 Å². The number of fused-ring (bicyclic) bond motifs is 1. The Morgan fingerprint density at radius 2 is 2.04 bits per heavy atom. The number of nitrogens with zero attached hydrogens (tertiary/aromatic N) is 2. The van der Waals surface area contributed by atoms with Gasteiger partial charge in [0.2, 0.25) is 0 Å². The summed E-state index contributed by atoms with van der Waals surface area (Å²) in [5.74, 6) is -0.961. The van der Waals surface area contributed by atoms with Crippen molar-refractivity contribution < 1.29 is 14.3 Å². The van der Waals surface area contributed by atoms with Crippen molar-refractivity contribution in [3.05, 3.63) is 29.3 Å². The first-order valence-electron chi connectivity index (χ1n) is 9.02. The van der Waals surface area contributed by atoms with Crippen LogP contribution in [-0.2, 0) is 20.7 Å². The summed E-state index contributed by atoms with van der Waals surface area (Å²) in [6.45, 7) is 6.87. The van der Waals surface area contributed by atoms with Crippen LogP contribution in [0.3, 0.4) is 0 Å². The van der Waals surface area contributed by atoms with Gasteiger partial charge in [-0.25, -0.2) is 4.98 Å². The molecule has 6 nitrogen and oxygen atoms in total. The average Bonchev–Trinajstić information content (AvgIpc) is 3.03. The van der Waals surface area contributed by atoms with Crippen LogP contribution >= 0.6 is 11.3 Å². The molecule has 0 bridgehead atoms. The van der Waals surface area contributed by atoms with Crippen LogP contribution in [0.5, 0.6) is 0 Å². The third kappa shape index (κ3) is 5.51. The number of aromatic nitrogens is 1. The summed E-state index contributed by atoms with van der Waals surface area (Å²) in [5, 5.41) is 12.9. The predicted octanol–water partition coefficient (Wildman–Crippen LogP) is 3.61. The average molecular weight is 388 g/mol. The van der Waals surface area contributed by atoms with E-state index in [1.165, 1.54) is 6.92 Å². The van der Waals surface area contributed by atoms with Crippen molar-refractivity contribution in [3.63, 3.8) is 0 Å². The maximum Gasteiger partial charge on any atom is 0.306 e. The molecule has 1 amide bonds. The van der Waals surface area contributed by atoms with Gasteiger partial charge in [0.1, 0.15) is 5.54 Å². The lowest BCUT2D eigenvalue weighted by atomic mass is 9.90. The molecule has 7 heteroatoms. The second kappa shape index (κ2) is 8.96. The van der Waals surface area contributed by atoms with Crippen molar-refractivity contribution in [2.45, 2.75) is 58.6 Å². The van der Waals surface area contributed by atoms with Crippen molar-refractivity contribution >= 4 is 33.4 Å². The monoisotopic (exact) mass is 387 g/mol. The molecule has 1 heterocycles. The molecule has 0 spiro atoms. The Bertz CT molecular complexity index is 823. The number of ether oxygens (including phenoxy) is 1. The highest BCUT2D eigenvalue weighted by Crippen LogP contribution is 2.22. The van der Waals surface area contributed by atoms with Crippen LogP contribution in [0.25, 0.3) is 10.2 Å². The topological polar surface area (TPSA) is 92.1 Å². The maximum absolute atomic E-state index is 12.2. The third-order valence-corrected chi connectivity index (χ3v) is 5.65. The molecular weight excluding hydrogens is 362 g/mol. The number of para-hydroxylation sites is 1. The zero-order valence-corrected chi connectivity index (χ0v) is 16.9. The molecule has 0 fully saturated rings. The van der Waals surface area contributed by atoms with Crippen LogP contribution in [0.2, 0.25) is 0 Å². The molecule has 1 aromatic heterocycles. The number of amides is 1. The van der Waals surface area contributed by atoms with E-state index in [9.17, 15) is 14.9 Å². The van der Waals surface area contributed by atoms with E-state index in [1.54, 1.807) is 18.3 Å². The van der Waals surface area contributed by atoms with Crippen LogP contribution < -0.4 is 5.32 Å². The van der Waals surface area contributed by atoms with Gasteiger partial charge in [-0.15, -0.1) is 11.3 Å². The Morgan fingerprint density at radius 1 is 1.33 bits per heavy atom. The van der Waals surface area contributed by atoms with Crippen LogP contribution in [0.15, 0.2) is 24.3 Å². The molecule has 0 radical (unpaired) electrons. The van der Waals surface area contributed by atoms with Gasteiger partial charge in [-0.3, -0.25) is 9.59 Å². The zero-order valence-electron chi connectivity index (χ0n) is 16.1. The summed E-state index contributed by atoms with van der Waals surface area (Å²) < 4.78 is 6.33. The van der Waals surface area contributed by atoms with Gasteiger partial charge in [0.05, 0.1) is 21.3 Å². The molecule has 0 aliphatic rings. The fourth-order valence-corrected chi connectivity index (χ4v) is 3.39. The molecule has 0 aliphatic carbocycles. The molecule has 0 saturated heterocycles. The number of hydrogen-bond donors (Lipinski definition) is 1. The summed E-state index contributed by atoms with van der Waals surface area (Å²) in [7, 11) is 0. The van der Waals surface area contributed by atoms with Crippen LogP contribution in [0.1, 0.15) is 45.5 Å². The number of esters is 1.